The van der Waals surface area contributed by atoms with Gasteiger partial charge in [0.05, 0.1) is 6.42 Å². The number of benzene rings is 1. The molecule has 5 N–H and O–H groups in total. The SMILES string of the molecule is C=C(C)[C@@H]1CC[C@]2(NC(=O)NCCC(=O)O)CC[C@]3(C)[C@H](CC[C@@H]4[C@@]5(C)CC=C(c6ccc(C(O)O)cc6)C(C)(C)[C@@H]5CC[C@]43C)[C@@H]12. The van der Waals surface area contributed by atoms with E-state index in [1.165, 1.54) is 42.4 Å². The predicted octanol–water partition coefficient (Wildman–Crippen LogP) is 7.85. The maximum Gasteiger partial charge on any atom is 0.315 e. The number of allylic oxidation sites excluding steroid dienone is 3. The van der Waals surface area contributed by atoms with E-state index >= 15 is 0 Å². The average molecular weight is 647 g/mol. The Morgan fingerprint density at radius 1 is 0.915 bits per heavy atom. The fraction of sp³-hybridized carbons (Fsp3) is 0.700. The van der Waals surface area contributed by atoms with Crippen molar-refractivity contribution in [1.29, 1.82) is 0 Å². The van der Waals surface area contributed by atoms with Crippen LogP contribution in [0.15, 0.2) is 42.5 Å². The molecule has 0 spiro atoms. The number of nitrogens with one attached hydrogen (secondary N) is 2. The minimum Gasteiger partial charge on any atom is -0.481 e. The van der Waals surface area contributed by atoms with Crippen LogP contribution in [-0.4, -0.2) is 39.4 Å². The lowest BCUT2D eigenvalue weighted by atomic mass is 9.33. The van der Waals surface area contributed by atoms with Gasteiger partial charge in [-0.25, -0.2) is 4.79 Å². The Bertz CT molecular complexity index is 1450. The van der Waals surface area contributed by atoms with E-state index < -0.39 is 12.3 Å². The first-order valence-electron chi connectivity index (χ1n) is 18.1. The fourth-order valence-electron chi connectivity index (χ4n) is 12.9. The van der Waals surface area contributed by atoms with Gasteiger partial charge in [-0.05, 0) is 127 Å². The summed E-state index contributed by atoms with van der Waals surface area (Å²) in [5, 5.41) is 34.7. The van der Waals surface area contributed by atoms with Gasteiger partial charge in [-0.3, -0.25) is 4.79 Å². The number of fused-ring (bicyclic) bond motifs is 7. The van der Waals surface area contributed by atoms with Crippen LogP contribution in [0.5, 0.6) is 0 Å². The molecule has 2 amide bonds. The summed E-state index contributed by atoms with van der Waals surface area (Å²) in [7, 11) is 0. The zero-order chi connectivity index (χ0) is 34.2. The molecular formula is C40H58N2O5. The van der Waals surface area contributed by atoms with Crippen LogP contribution in [0.1, 0.15) is 123 Å². The molecule has 4 fully saturated rings. The number of aliphatic hydroxyl groups excluding tert-OH is 1. The van der Waals surface area contributed by atoms with Crippen molar-refractivity contribution in [3.63, 3.8) is 0 Å². The maximum absolute atomic E-state index is 13.2. The van der Waals surface area contributed by atoms with Crippen LogP contribution in [0, 0.1) is 51.2 Å². The van der Waals surface area contributed by atoms with Gasteiger partial charge in [0.1, 0.15) is 0 Å². The summed E-state index contributed by atoms with van der Waals surface area (Å²) in [6.45, 7) is 19.5. The molecule has 0 aliphatic heterocycles. The molecule has 0 aromatic heterocycles. The van der Waals surface area contributed by atoms with Gasteiger partial charge in [0.25, 0.3) is 0 Å². The lowest BCUT2D eigenvalue weighted by Crippen LogP contribution is -2.68. The van der Waals surface area contributed by atoms with Crippen LogP contribution in [-0.2, 0) is 4.79 Å². The highest BCUT2D eigenvalue weighted by Gasteiger charge is 2.70. The average Bonchev–Trinajstić information content (AvgIpc) is 3.36. The molecule has 0 bridgehead atoms. The van der Waals surface area contributed by atoms with Crippen LogP contribution in [0.25, 0.3) is 5.57 Å². The molecular weight excluding hydrogens is 588 g/mol. The molecule has 7 nitrogen and oxygen atoms in total. The number of aliphatic hydroxyl groups is 2. The van der Waals surface area contributed by atoms with Gasteiger partial charge < -0.3 is 26.0 Å². The molecule has 9 atom stereocenters. The van der Waals surface area contributed by atoms with Crippen molar-refractivity contribution in [2.45, 2.75) is 118 Å². The Hall–Kier alpha value is -2.64. The van der Waals surface area contributed by atoms with Crippen molar-refractivity contribution in [3.8, 4) is 0 Å². The number of hydrogen-bond acceptors (Lipinski definition) is 4. The van der Waals surface area contributed by atoms with Crippen LogP contribution < -0.4 is 10.6 Å². The molecule has 1 aromatic carbocycles. The Balaban J connectivity index is 1.30. The predicted molar refractivity (Wildman–Crippen MR) is 185 cm³/mol. The number of hydrogen-bond donors (Lipinski definition) is 5. The number of carbonyl (C=O) groups excluding carboxylic acids is 1. The summed E-state index contributed by atoms with van der Waals surface area (Å²) in [4.78, 5) is 24.3. The van der Waals surface area contributed by atoms with Crippen LogP contribution >= 0.6 is 0 Å². The van der Waals surface area contributed by atoms with Crippen molar-refractivity contribution in [2.75, 3.05) is 6.54 Å². The molecule has 1 aromatic rings. The third-order valence-electron chi connectivity index (χ3n) is 15.2. The standard InChI is InChI=1S/C40H58N2O5/c1-24(2)27-14-20-40(42-35(47)41-23-17-32(43)44)22-21-38(6)29(33(27)40)12-13-31-37(5)18-15-28(25-8-10-26(11-9-25)34(45)46)36(3,4)30(37)16-19-39(31,38)7/h8-11,15,27,29-31,33-34,45-46H,1,12-14,16-23H2,2-7H3,(H,43,44)(H2,41,42,47)/t27-,29+,30-,31+,33+,37-,38+,39+,40-/m0/s1. The van der Waals surface area contributed by atoms with Gasteiger partial charge in [0.15, 0.2) is 6.29 Å². The number of urea groups is 1. The third-order valence-corrected chi connectivity index (χ3v) is 15.2. The topological polar surface area (TPSA) is 119 Å². The molecule has 0 heterocycles. The van der Waals surface area contributed by atoms with E-state index in [-0.39, 0.29) is 46.2 Å². The van der Waals surface area contributed by atoms with E-state index in [9.17, 15) is 19.8 Å². The maximum atomic E-state index is 13.2. The monoisotopic (exact) mass is 646 g/mol. The molecule has 0 unspecified atom stereocenters. The van der Waals surface area contributed by atoms with Gasteiger partial charge in [-0.15, -0.1) is 0 Å². The summed E-state index contributed by atoms with van der Waals surface area (Å²) >= 11 is 0. The smallest absolute Gasteiger partial charge is 0.315 e. The first-order chi connectivity index (χ1) is 22.0. The highest BCUT2D eigenvalue weighted by molar-refractivity contribution is 5.76. The number of amides is 2. The first-order valence-corrected chi connectivity index (χ1v) is 18.1. The van der Waals surface area contributed by atoms with E-state index in [2.05, 4.69) is 77.0 Å². The number of carboxylic acid groups (broad SMARTS) is 1. The minimum absolute atomic E-state index is 0.0123. The summed E-state index contributed by atoms with van der Waals surface area (Å²) in [6, 6.07) is 7.55. The lowest BCUT2D eigenvalue weighted by Gasteiger charge is -2.72. The van der Waals surface area contributed by atoms with Crippen LogP contribution in [0.3, 0.4) is 0 Å². The van der Waals surface area contributed by atoms with Crippen molar-refractivity contribution >= 4 is 17.6 Å². The van der Waals surface area contributed by atoms with E-state index in [0.29, 0.717) is 35.2 Å². The van der Waals surface area contributed by atoms with Crippen LogP contribution in [0.4, 0.5) is 4.79 Å². The Labute approximate surface area is 281 Å². The molecule has 7 heteroatoms. The molecule has 4 saturated carbocycles. The first kappa shape index (κ1) is 34.2. The summed E-state index contributed by atoms with van der Waals surface area (Å²) < 4.78 is 0. The van der Waals surface area contributed by atoms with Gasteiger partial charge >= 0.3 is 12.0 Å². The molecule has 258 valence electrons. The molecule has 6 rings (SSSR count). The van der Waals surface area contributed by atoms with E-state index in [0.717, 1.165) is 32.1 Å². The molecule has 5 aliphatic rings. The Morgan fingerprint density at radius 3 is 2.26 bits per heavy atom. The van der Waals surface area contributed by atoms with Crippen LogP contribution in [0.2, 0.25) is 0 Å². The Morgan fingerprint density at radius 2 is 1.62 bits per heavy atom. The molecule has 0 saturated heterocycles. The number of aliphatic carboxylic acids is 1. The van der Waals surface area contributed by atoms with Gasteiger partial charge in [0, 0.05) is 17.6 Å². The summed E-state index contributed by atoms with van der Waals surface area (Å²) in [5.74, 6) is 1.44. The van der Waals surface area contributed by atoms with Crippen molar-refractivity contribution < 1.29 is 24.9 Å². The third kappa shape index (κ3) is 5.21. The zero-order valence-corrected chi connectivity index (χ0v) is 29.5. The van der Waals surface area contributed by atoms with Crippen molar-refractivity contribution in [3.05, 3.63) is 53.6 Å². The van der Waals surface area contributed by atoms with Crippen molar-refractivity contribution in [1.82, 2.24) is 10.6 Å². The van der Waals surface area contributed by atoms with Gasteiger partial charge in [-0.1, -0.05) is 77.1 Å². The Kier molecular flexibility index (Phi) is 8.56. The highest BCUT2D eigenvalue weighted by Crippen LogP contribution is 2.76. The van der Waals surface area contributed by atoms with Gasteiger partial charge in [-0.2, -0.15) is 0 Å². The van der Waals surface area contributed by atoms with E-state index in [1.54, 1.807) is 0 Å². The molecule has 0 radical (unpaired) electrons. The normalized spacial score (nSPS) is 40.3. The lowest BCUT2D eigenvalue weighted by molar-refractivity contribution is -0.218. The van der Waals surface area contributed by atoms with Crippen molar-refractivity contribution in [2.24, 2.45) is 51.2 Å². The second-order valence-corrected chi connectivity index (χ2v) is 17.4. The fourth-order valence-corrected chi connectivity index (χ4v) is 12.9. The largest absolute Gasteiger partial charge is 0.481 e. The van der Waals surface area contributed by atoms with Gasteiger partial charge in [0.2, 0.25) is 0 Å². The van der Waals surface area contributed by atoms with E-state index in [4.69, 9.17) is 5.11 Å². The van der Waals surface area contributed by atoms with E-state index in [1.807, 2.05) is 12.1 Å². The number of rotatable bonds is 7. The summed E-state index contributed by atoms with van der Waals surface area (Å²) in [5.41, 5.74) is 4.52. The summed E-state index contributed by atoms with van der Waals surface area (Å²) in [6.07, 6.45) is 10.8. The zero-order valence-electron chi connectivity index (χ0n) is 29.5. The highest BCUT2D eigenvalue weighted by atomic mass is 16.5. The minimum atomic E-state index is -1.45. The number of carboxylic acids is 1. The molecule has 5 aliphatic carbocycles. The molecule has 47 heavy (non-hydrogen) atoms. The quantitative estimate of drug-likeness (QED) is 0.153. The second-order valence-electron chi connectivity index (χ2n) is 17.4. The number of carbonyl (C=O) groups is 2. The second kappa shape index (κ2) is 11.8.